The van der Waals surface area contributed by atoms with Gasteiger partial charge in [-0.05, 0) is 0 Å². The molecule has 1 aliphatic heterocycles. The molecule has 0 fully saturated rings. The summed E-state index contributed by atoms with van der Waals surface area (Å²) in [5.74, 6) is 0. The molecule has 6 heavy (non-hydrogen) atoms. The fourth-order valence-corrected chi connectivity index (χ4v) is 1.72. The molecule has 1 heterocycles. The molecule has 0 N–H and O–H groups in total. The fraction of sp³-hybridized carbons (Fsp3) is 0. The number of rotatable bonds is 1. The van der Waals surface area contributed by atoms with Gasteiger partial charge in [-0.3, -0.25) is 0 Å². The Bertz CT molecular complexity index is 120. The molecule has 0 aromatic rings. The molecule has 0 aromatic carbocycles. The first-order valence-electron chi connectivity index (χ1n) is 1.63. The average Bonchev–Trinajstić information content (AvgIpc) is 1.31. The van der Waals surface area contributed by atoms with Gasteiger partial charge in [0.25, 0.3) is 0 Å². The van der Waals surface area contributed by atoms with Gasteiger partial charge in [0.2, 0.25) is 0 Å². The van der Waals surface area contributed by atoms with Crippen LogP contribution in [0.2, 0.25) is 0 Å². The van der Waals surface area contributed by atoms with Gasteiger partial charge in [0, 0.05) is 0 Å². The van der Waals surface area contributed by atoms with E-state index in [4.69, 9.17) is 0 Å². The molecule has 0 spiro atoms. The van der Waals surface area contributed by atoms with Crippen LogP contribution in [0, 0.1) is 0 Å². The van der Waals surface area contributed by atoms with Crippen LogP contribution in [0.1, 0.15) is 0 Å². The Labute approximate surface area is 47.1 Å². The van der Waals surface area contributed by atoms with Gasteiger partial charge in [0.1, 0.15) is 0 Å². The number of hydrogen-bond acceptors (Lipinski definition) is 1. The van der Waals surface area contributed by atoms with Gasteiger partial charge in [-0.1, -0.05) is 0 Å². The molecule has 0 amide bonds. The minimum atomic E-state index is -0.410. The van der Waals surface area contributed by atoms with Gasteiger partial charge in [-0.2, -0.15) is 0 Å². The maximum atomic E-state index is 9.74. The van der Waals surface area contributed by atoms with Crippen LogP contribution in [0.25, 0.3) is 0 Å². The average molecular weight is 276 g/mol. The Hall–Kier alpha value is 0.163. The SMILES string of the molecule is O=C[C]1=C[CH]=[Bi]1. The van der Waals surface area contributed by atoms with Gasteiger partial charge in [-0.25, -0.2) is 0 Å². The van der Waals surface area contributed by atoms with E-state index in [9.17, 15) is 4.79 Å². The second-order valence-electron chi connectivity index (χ2n) is 0.988. The number of hydrogen-bond donors (Lipinski definition) is 0. The zero-order valence-electron chi connectivity index (χ0n) is 3.09. The fourth-order valence-electron chi connectivity index (χ4n) is 0.230. The van der Waals surface area contributed by atoms with Gasteiger partial charge in [-0.15, -0.1) is 0 Å². The summed E-state index contributed by atoms with van der Waals surface area (Å²) in [5, 5.41) is 0. The predicted octanol–water partition coefficient (Wildman–Crippen LogP) is -0.411. The Morgan fingerprint density at radius 1 is 1.83 bits per heavy atom. The van der Waals surface area contributed by atoms with Gasteiger partial charge in [0.15, 0.2) is 0 Å². The van der Waals surface area contributed by atoms with E-state index in [0.29, 0.717) is 0 Å². The van der Waals surface area contributed by atoms with E-state index in [1.165, 1.54) is 0 Å². The first kappa shape index (κ1) is 4.33. The molecule has 0 bridgehead atoms. The molecule has 0 saturated carbocycles. The molecule has 2 heteroatoms. The maximum absolute atomic E-state index is 9.74. The summed E-state index contributed by atoms with van der Waals surface area (Å²) < 4.78 is 3.24. The summed E-state index contributed by atoms with van der Waals surface area (Å²) in [6.07, 6.45) is 2.88. The zero-order chi connectivity index (χ0) is 4.41. The topological polar surface area (TPSA) is 17.1 Å². The zero-order valence-corrected chi connectivity index (χ0v) is 6.56. The van der Waals surface area contributed by atoms with Crippen LogP contribution in [-0.4, -0.2) is 32.7 Å². The Kier molecular flexibility index (Phi) is 1.26. The van der Waals surface area contributed by atoms with Crippen molar-refractivity contribution < 1.29 is 4.79 Å². The number of aldehydes is 1. The minimum absolute atomic E-state index is 0.410. The molecule has 30 valence electrons. The quantitative estimate of drug-likeness (QED) is 0.470. The van der Waals surface area contributed by atoms with E-state index in [1.54, 1.807) is 0 Å². The van der Waals surface area contributed by atoms with Gasteiger partial charge < -0.3 is 0 Å². The van der Waals surface area contributed by atoms with E-state index >= 15 is 0 Å². The molecule has 0 unspecified atom stereocenters. The standard InChI is InChI=1S/C4H3O.Bi/c1-2-3-4-5;/h1-2,4H;. The Morgan fingerprint density at radius 3 is 2.50 bits per heavy atom. The van der Waals surface area contributed by atoms with Crippen LogP contribution in [0.5, 0.6) is 0 Å². The molecule has 1 rings (SSSR count). The molecule has 0 atom stereocenters. The summed E-state index contributed by atoms with van der Waals surface area (Å²) in [4.78, 5) is 9.74. The van der Waals surface area contributed by atoms with E-state index in [0.717, 1.165) is 9.57 Å². The van der Waals surface area contributed by atoms with E-state index in [2.05, 4.69) is 3.71 Å². The van der Waals surface area contributed by atoms with Crippen molar-refractivity contribution in [1.82, 2.24) is 0 Å². The first-order valence-corrected chi connectivity index (χ1v) is 5.37. The van der Waals surface area contributed by atoms with E-state index in [1.807, 2.05) is 6.08 Å². The molecule has 0 saturated heterocycles. The summed E-state index contributed by atoms with van der Waals surface area (Å²) in [5.41, 5.74) is 0. The predicted molar refractivity (Wildman–Crippen MR) is 26.0 cm³/mol. The van der Waals surface area contributed by atoms with Crippen molar-refractivity contribution in [3.05, 3.63) is 9.36 Å². The van der Waals surface area contributed by atoms with Crippen LogP contribution >= 0.6 is 0 Å². The van der Waals surface area contributed by atoms with Crippen LogP contribution < -0.4 is 0 Å². The second kappa shape index (κ2) is 1.74. The first-order chi connectivity index (χ1) is 2.93. The van der Waals surface area contributed by atoms with Crippen molar-refractivity contribution in [3.8, 4) is 0 Å². The van der Waals surface area contributed by atoms with Crippen molar-refractivity contribution in [2.75, 3.05) is 0 Å². The van der Waals surface area contributed by atoms with Crippen molar-refractivity contribution in [1.29, 1.82) is 0 Å². The van der Waals surface area contributed by atoms with Gasteiger partial charge in [0.05, 0.1) is 0 Å². The van der Waals surface area contributed by atoms with Crippen LogP contribution in [0.3, 0.4) is 0 Å². The Morgan fingerprint density at radius 2 is 2.50 bits per heavy atom. The van der Waals surface area contributed by atoms with Crippen LogP contribution in [0.15, 0.2) is 9.36 Å². The summed E-state index contributed by atoms with van der Waals surface area (Å²) in [6.45, 7) is 0. The van der Waals surface area contributed by atoms with Crippen LogP contribution in [0.4, 0.5) is 0 Å². The van der Waals surface area contributed by atoms with E-state index < -0.39 is 22.8 Å². The van der Waals surface area contributed by atoms with Crippen molar-refractivity contribution >= 4 is 32.7 Å². The molecule has 1 aliphatic rings. The molecule has 0 aliphatic carbocycles. The molecule has 1 nitrogen and oxygen atoms in total. The number of carbonyl (C=O) groups excluding carboxylic acids is 1. The van der Waals surface area contributed by atoms with Crippen molar-refractivity contribution in [2.24, 2.45) is 0 Å². The molecule has 0 aromatic heterocycles. The number of allylic oxidation sites excluding steroid dienone is 2. The number of carbonyl (C=O) groups is 1. The summed E-state index contributed by atoms with van der Waals surface area (Å²) in [6, 6.07) is 0. The summed E-state index contributed by atoms with van der Waals surface area (Å²) >= 11 is -0.410. The second-order valence-corrected chi connectivity index (χ2v) is 5.16. The third kappa shape index (κ3) is 0.625. The molecular weight excluding hydrogens is 273 g/mol. The van der Waals surface area contributed by atoms with Crippen molar-refractivity contribution in [2.45, 2.75) is 0 Å². The third-order valence-electron chi connectivity index (χ3n) is 0.590. The monoisotopic (exact) mass is 276 g/mol. The normalized spacial score (nSPS) is 15.7. The Balaban J connectivity index is 2.57. The van der Waals surface area contributed by atoms with Crippen molar-refractivity contribution in [3.63, 3.8) is 0 Å². The van der Waals surface area contributed by atoms with Crippen LogP contribution in [-0.2, 0) is 4.79 Å². The van der Waals surface area contributed by atoms with E-state index in [-0.39, 0.29) is 0 Å². The third-order valence-corrected chi connectivity index (χ3v) is 3.90. The van der Waals surface area contributed by atoms with Gasteiger partial charge >= 0.3 is 46.9 Å². The molecule has 0 radical (unpaired) electrons. The summed E-state index contributed by atoms with van der Waals surface area (Å²) in [7, 11) is 0. The molecular formula is C4H3BiO.